The Morgan fingerprint density at radius 2 is 0.500 bits per heavy atom. The number of fused-ring (bicyclic) bond motifs is 28. The lowest BCUT2D eigenvalue weighted by Crippen LogP contribution is -2.32. The summed E-state index contributed by atoms with van der Waals surface area (Å²) in [6, 6.07) is 105. The average molecular weight is 1020 g/mol. The van der Waals surface area contributed by atoms with Crippen molar-refractivity contribution in [2.24, 2.45) is 0 Å². The molecule has 0 unspecified atom stereocenters. The smallest absolute Gasteiger partial charge is 0.0736 e. The second-order valence-corrected chi connectivity index (χ2v) is 23.8. The molecule has 0 atom stereocenters. The largest absolute Gasteiger partial charge is 0.309 e. The molecular formula is C75H45NS2. The molecule has 0 saturated carbocycles. The van der Waals surface area contributed by atoms with Crippen molar-refractivity contribution < 1.29 is 0 Å². The Balaban J connectivity index is 0.967. The molecule has 78 heavy (non-hydrogen) atoms. The van der Waals surface area contributed by atoms with E-state index >= 15 is 0 Å². The first-order valence-corrected chi connectivity index (χ1v) is 28.8. The summed E-state index contributed by atoms with van der Waals surface area (Å²) < 4.78 is 0. The Kier molecular flexibility index (Phi) is 8.68. The molecule has 3 spiro atoms. The highest BCUT2D eigenvalue weighted by molar-refractivity contribution is 7.99. The van der Waals surface area contributed by atoms with Gasteiger partial charge in [-0.1, -0.05) is 248 Å². The van der Waals surface area contributed by atoms with E-state index in [1.54, 1.807) is 0 Å². The van der Waals surface area contributed by atoms with Crippen molar-refractivity contribution in [2.75, 3.05) is 4.90 Å². The van der Waals surface area contributed by atoms with Gasteiger partial charge in [0.1, 0.15) is 0 Å². The van der Waals surface area contributed by atoms with Crippen molar-refractivity contribution in [3.63, 3.8) is 0 Å². The van der Waals surface area contributed by atoms with Crippen molar-refractivity contribution in [3.05, 3.63) is 340 Å². The lowest BCUT2D eigenvalue weighted by Gasteiger charge is -2.40. The van der Waals surface area contributed by atoms with Crippen molar-refractivity contribution in [2.45, 2.75) is 35.8 Å². The van der Waals surface area contributed by atoms with Crippen molar-refractivity contribution in [1.82, 2.24) is 0 Å². The van der Waals surface area contributed by atoms with E-state index in [-0.39, 0.29) is 0 Å². The molecule has 1 nitrogen and oxygen atoms in total. The van der Waals surface area contributed by atoms with Crippen molar-refractivity contribution in [3.8, 4) is 44.5 Å². The normalized spacial score (nSPS) is 15.4. The van der Waals surface area contributed by atoms with Gasteiger partial charge in [0.2, 0.25) is 0 Å². The van der Waals surface area contributed by atoms with E-state index in [1.165, 1.54) is 131 Å². The molecule has 0 amide bonds. The van der Waals surface area contributed by atoms with Crippen LogP contribution in [0, 0.1) is 0 Å². The van der Waals surface area contributed by atoms with E-state index in [2.05, 4.69) is 278 Å². The molecule has 18 rings (SSSR count). The lowest BCUT2D eigenvalue weighted by atomic mass is 9.67. The third-order valence-corrected chi connectivity index (χ3v) is 20.7. The molecule has 2 heterocycles. The minimum atomic E-state index is -0.540. The molecule has 0 aromatic heterocycles. The highest BCUT2D eigenvalue weighted by Crippen LogP contribution is 2.69. The molecule has 4 aliphatic carbocycles. The fraction of sp³-hybridized carbons (Fsp3) is 0.0400. The predicted octanol–water partition coefficient (Wildman–Crippen LogP) is 19.2. The van der Waals surface area contributed by atoms with Crippen LogP contribution in [0.1, 0.15) is 66.8 Å². The average Bonchev–Trinajstić information content (AvgIpc) is 4.39. The molecule has 12 aromatic rings. The van der Waals surface area contributed by atoms with Crippen LogP contribution in [0.5, 0.6) is 0 Å². The first-order valence-electron chi connectivity index (χ1n) is 27.2. The first kappa shape index (κ1) is 43.3. The molecule has 362 valence electrons. The third kappa shape index (κ3) is 5.14. The van der Waals surface area contributed by atoms with Crippen LogP contribution in [0.4, 0.5) is 17.1 Å². The van der Waals surface area contributed by atoms with Crippen molar-refractivity contribution in [1.29, 1.82) is 0 Å². The number of hydrogen-bond donors (Lipinski definition) is 0. The van der Waals surface area contributed by atoms with Crippen LogP contribution in [0.3, 0.4) is 0 Å². The molecule has 2 aliphatic heterocycles. The summed E-state index contributed by atoms with van der Waals surface area (Å²) in [5.41, 5.74) is 28.2. The summed E-state index contributed by atoms with van der Waals surface area (Å²) >= 11 is 3.80. The summed E-state index contributed by atoms with van der Waals surface area (Å²) in [4.78, 5) is 7.89. The van der Waals surface area contributed by atoms with Crippen LogP contribution < -0.4 is 4.90 Å². The SMILES string of the molecule is c1ccc2c(c1)Sc1ccccc1C21c2ccccc2-c2cc(N(c3cccc4c3-c3ccccc3C43c4ccccc4Sc4ccccc43)c3cccc4c3-c3ccccc3C43c4ccccc4-c4ccccc43)ccc21. The van der Waals surface area contributed by atoms with Gasteiger partial charge in [-0.3, -0.25) is 0 Å². The molecule has 0 radical (unpaired) electrons. The first-order chi connectivity index (χ1) is 38.7. The van der Waals surface area contributed by atoms with Gasteiger partial charge in [0, 0.05) is 36.4 Å². The quantitative estimate of drug-likeness (QED) is 0.174. The fourth-order valence-electron chi connectivity index (χ4n) is 15.8. The molecule has 3 heteroatoms. The molecule has 12 aromatic carbocycles. The van der Waals surface area contributed by atoms with Gasteiger partial charge in [0.15, 0.2) is 0 Å². The van der Waals surface area contributed by atoms with Gasteiger partial charge in [0.25, 0.3) is 0 Å². The number of anilines is 3. The molecule has 0 bridgehead atoms. The summed E-state index contributed by atoms with van der Waals surface area (Å²) in [6.07, 6.45) is 0. The summed E-state index contributed by atoms with van der Waals surface area (Å²) in [5, 5.41) is 0. The zero-order chi connectivity index (χ0) is 50.9. The molecule has 6 aliphatic rings. The van der Waals surface area contributed by atoms with E-state index in [9.17, 15) is 0 Å². The number of hydrogen-bond acceptors (Lipinski definition) is 3. The van der Waals surface area contributed by atoms with Gasteiger partial charge in [0.05, 0.1) is 27.6 Å². The van der Waals surface area contributed by atoms with Gasteiger partial charge in [-0.05, 0) is 149 Å². The van der Waals surface area contributed by atoms with Crippen LogP contribution in [-0.2, 0) is 16.2 Å². The Morgan fingerprint density at radius 3 is 0.910 bits per heavy atom. The van der Waals surface area contributed by atoms with E-state index in [0.717, 1.165) is 17.1 Å². The molecular weight excluding hydrogens is 979 g/mol. The van der Waals surface area contributed by atoms with E-state index in [1.807, 2.05) is 23.5 Å². The van der Waals surface area contributed by atoms with Gasteiger partial charge in [-0.15, -0.1) is 0 Å². The van der Waals surface area contributed by atoms with Gasteiger partial charge >= 0.3 is 0 Å². The maximum absolute atomic E-state index is 2.66. The summed E-state index contributed by atoms with van der Waals surface area (Å²) in [7, 11) is 0. The van der Waals surface area contributed by atoms with Crippen LogP contribution >= 0.6 is 23.5 Å². The zero-order valence-corrected chi connectivity index (χ0v) is 43.9. The van der Waals surface area contributed by atoms with Crippen LogP contribution in [0.2, 0.25) is 0 Å². The van der Waals surface area contributed by atoms with Crippen LogP contribution in [0.15, 0.2) is 293 Å². The van der Waals surface area contributed by atoms with E-state index in [0.29, 0.717) is 0 Å². The number of benzene rings is 12. The molecule has 0 fully saturated rings. The number of rotatable bonds is 3. The monoisotopic (exact) mass is 1020 g/mol. The van der Waals surface area contributed by atoms with Gasteiger partial charge < -0.3 is 4.90 Å². The van der Waals surface area contributed by atoms with Crippen molar-refractivity contribution >= 4 is 40.6 Å². The third-order valence-electron chi connectivity index (χ3n) is 18.4. The lowest BCUT2D eigenvalue weighted by molar-refractivity contribution is 0.722. The summed E-state index contributed by atoms with van der Waals surface area (Å²) in [6.45, 7) is 0. The topological polar surface area (TPSA) is 3.24 Å². The van der Waals surface area contributed by atoms with Crippen LogP contribution in [-0.4, -0.2) is 0 Å². The Labute approximate surface area is 462 Å². The zero-order valence-electron chi connectivity index (χ0n) is 42.2. The van der Waals surface area contributed by atoms with E-state index < -0.39 is 16.2 Å². The number of nitrogens with zero attached hydrogens (tertiary/aromatic N) is 1. The predicted molar refractivity (Wildman–Crippen MR) is 320 cm³/mol. The Hall–Kier alpha value is -8.86. The fourth-order valence-corrected chi connectivity index (χ4v) is 18.2. The second-order valence-electron chi connectivity index (χ2n) is 21.6. The standard InChI is InChI=1S/C75H45NS2/c1-6-26-53-47(21-1)48-22-2-7-27-54(48)73(53)56-29-9-4-24-50(56)71-63(73)35-19-37-65(71)76(46-43-44-58-52(45-46)49-23-3-8-28-55(49)74(58)59-31-11-15-39-67(59)77-68-40-16-12-32-60(68)74)66-38-20-36-64-72(66)51-25-5-10-30-57(51)75(64)61-33-13-17-41-69(61)78-70-42-18-14-34-62(70)75/h1-45H. The Morgan fingerprint density at radius 1 is 0.218 bits per heavy atom. The van der Waals surface area contributed by atoms with Gasteiger partial charge in [-0.2, -0.15) is 0 Å². The Bertz CT molecular complexity index is 4480. The minimum absolute atomic E-state index is 0.491. The highest BCUT2D eigenvalue weighted by atomic mass is 32.2. The summed E-state index contributed by atoms with van der Waals surface area (Å²) in [5.74, 6) is 0. The molecule has 0 saturated heterocycles. The minimum Gasteiger partial charge on any atom is -0.309 e. The molecule has 0 N–H and O–H groups in total. The maximum atomic E-state index is 2.66. The van der Waals surface area contributed by atoms with E-state index in [4.69, 9.17) is 0 Å². The maximum Gasteiger partial charge on any atom is 0.0736 e. The van der Waals surface area contributed by atoms with Gasteiger partial charge in [-0.25, -0.2) is 0 Å². The van der Waals surface area contributed by atoms with Crippen LogP contribution in [0.25, 0.3) is 44.5 Å². The second kappa shape index (κ2) is 15.6. The highest BCUT2D eigenvalue weighted by Gasteiger charge is 2.55.